The van der Waals surface area contributed by atoms with Gasteiger partial charge in [-0.2, -0.15) is 37.7 Å². The molecule has 0 spiro atoms. The van der Waals surface area contributed by atoms with E-state index in [1.165, 1.54) is 5.56 Å². The predicted molar refractivity (Wildman–Crippen MR) is 126 cm³/mol. The van der Waals surface area contributed by atoms with E-state index in [1.54, 1.807) is 17.5 Å². The van der Waals surface area contributed by atoms with Crippen molar-refractivity contribution in [3.63, 3.8) is 0 Å². The van der Waals surface area contributed by atoms with Crippen molar-refractivity contribution in [3.05, 3.63) is 46.8 Å². The Hall–Kier alpha value is -3.40. The minimum absolute atomic E-state index is 0.133. The van der Waals surface area contributed by atoms with Crippen molar-refractivity contribution >= 4 is 35.1 Å². The molecule has 2 aliphatic heterocycles. The highest BCUT2D eigenvalue weighted by Crippen LogP contribution is 2.44. The summed E-state index contributed by atoms with van der Waals surface area (Å²) in [5.41, 5.74) is 0.674. The molecular weight excluding hydrogens is 560 g/mol. The fraction of sp³-hybridized carbons (Fsp3) is 0.478. The standard InChI is InChI=1S/C19H23N3O2S.2C2HF3O2/c23-18(24)19-6-3-8-21(10-15-5-9-25-13-15)11-16(19)12-22(14-19)17-4-1-2-7-20-17;2*3-2(4,5)1(6)7/h1-2,4-5,7,9,13,16H,3,6,8,10-12,14H2,(H,23,24);2*(H,6,7)/t16-,19-;;/m0../s1. The maximum atomic E-state index is 12.2. The molecule has 2 aliphatic rings. The van der Waals surface area contributed by atoms with Crippen LogP contribution in [0.2, 0.25) is 0 Å². The summed E-state index contributed by atoms with van der Waals surface area (Å²) >= 11 is 1.72. The molecule has 39 heavy (non-hydrogen) atoms. The van der Waals surface area contributed by atoms with E-state index < -0.39 is 35.7 Å². The molecule has 216 valence electrons. The summed E-state index contributed by atoms with van der Waals surface area (Å²) in [7, 11) is 0. The lowest BCUT2D eigenvalue weighted by Gasteiger charge is -2.29. The van der Waals surface area contributed by atoms with Crippen LogP contribution in [0.1, 0.15) is 18.4 Å². The molecule has 2 aromatic heterocycles. The van der Waals surface area contributed by atoms with E-state index in [0.29, 0.717) is 6.54 Å². The first-order valence-corrected chi connectivity index (χ1v) is 12.2. The Balaban J connectivity index is 0.000000317. The van der Waals surface area contributed by atoms with Gasteiger partial charge in [-0.05, 0) is 53.9 Å². The monoisotopic (exact) mass is 585 g/mol. The van der Waals surface area contributed by atoms with Crippen molar-refractivity contribution in [3.8, 4) is 0 Å². The second-order valence-electron chi connectivity index (χ2n) is 8.80. The zero-order valence-corrected chi connectivity index (χ0v) is 21.0. The summed E-state index contributed by atoms with van der Waals surface area (Å²) in [5.74, 6) is -5.14. The molecule has 2 atom stereocenters. The number of hydrogen-bond donors (Lipinski definition) is 3. The third-order valence-electron chi connectivity index (χ3n) is 6.14. The largest absolute Gasteiger partial charge is 0.490 e. The predicted octanol–water partition coefficient (Wildman–Crippen LogP) is 4.21. The molecule has 4 rings (SSSR count). The average molecular weight is 586 g/mol. The number of aliphatic carboxylic acids is 3. The minimum atomic E-state index is -5.08. The number of alkyl halides is 6. The number of thiophene rings is 1. The van der Waals surface area contributed by atoms with Gasteiger partial charge in [0.15, 0.2) is 0 Å². The average Bonchev–Trinajstić information content (AvgIpc) is 3.44. The molecule has 0 radical (unpaired) electrons. The number of halogens is 6. The summed E-state index contributed by atoms with van der Waals surface area (Å²) in [6.07, 6.45) is -6.71. The van der Waals surface area contributed by atoms with Crippen LogP contribution in [0, 0.1) is 11.3 Å². The second kappa shape index (κ2) is 13.1. The molecule has 16 heteroatoms. The maximum absolute atomic E-state index is 12.2. The molecule has 0 saturated carbocycles. The maximum Gasteiger partial charge on any atom is 0.490 e. The lowest BCUT2D eigenvalue weighted by molar-refractivity contribution is -0.193. The Kier molecular flexibility index (Phi) is 10.7. The number of anilines is 1. The first-order chi connectivity index (χ1) is 18.1. The number of nitrogens with zero attached hydrogens (tertiary/aromatic N) is 3. The number of likely N-dealkylation sites (tertiary alicyclic amines) is 1. The van der Waals surface area contributed by atoms with Gasteiger partial charge < -0.3 is 20.2 Å². The first-order valence-electron chi connectivity index (χ1n) is 11.3. The van der Waals surface area contributed by atoms with E-state index in [4.69, 9.17) is 19.8 Å². The number of carbonyl (C=O) groups is 3. The number of rotatable bonds is 4. The van der Waals surface area contributed by atoms with E-state index in [1.807, 2.05) is 18.2 Å². The molecule has 2 saturated heterocycles. The SMILES string of the molecule is O=C(O)C(F)(F)F.O=C(O)C(F)(F)F.O=C(O)[C@]12CCCN(Cc3ccsc3)C[C@H]1CN(c1ccccn1)C2. The molecule has 0 amide bonds. The van der Waals surface area contributed by atoms with Gasteiger partial charge in [-0.25, -0.2) is 14.6 Å². The van der Waals surface area contributed by atoms with Crippen LogP contribution in [0.4, 0.5) is 32.2 Å². The Bertz CT molecular complexity index is 1080. The van der Waals surface area contributed by atoms with E-state index in [0.717, 1.165) is 44.8 Å². The molecule has 4 heterocycles. The first kappa shape index (κ1) is 31.8. The van der Waals surface area contributed by atoms with Crippen LogP contribution in [0.25, 0.3) is 0 Å². The van der Waals surface area contributed by atoms with Gasteiger partial charge in [-0.1, -0.05) is 6.07 Å². The molecule has 0 aromatic carbocycles. The van der Waals surface area contributed by atoms with Crippen LogP contribution in [0.5, 0.6) is 0 Å². The topological polar surface area (TPSA) is 131 Å². The third-order valence-corrected chi connectivity index (χ3v) is 6.87. The highest BCUT2D eigenvalue weighted by molar-refractivity contribution is 7.07. The van der Waals surface area contributed by atoms with E-state index in [2.05, 4.69) is 31.6 Å². The summed E-state index contributed by atoms with van der Waals surface area (Å²) in [5, 5.41) is 28.6. The quantitative estimate of drug-likeness (QED) is 0.452. The number of carboxylic acids is 3. The van der Waals surface area contributed by atoms with Crippen LogP contribution in [0.3, 0.4) is 0 Å². The van der Waals surface area contributed by atoms with Crippen molar-refractivity contribution < 1.29 is 56.0 Å². The molecule has 0 aliphatic carbocycles. The van der Waals surface area contributed by atoms with Gasteiger partial charge in [0.25, 0.3) is 0 Å². The van der Waals surface area contributed by atoms with Crippen LogP contribution in [-0.2, 0) is 20.9 Å². The molecular formula is C23H25F6N3O6S. The van der Waals surface area contributed by atoms with Gasteiger partial charge >= 0.3 is 30.3 Å². The van der Waals surface area contributed by atoms with Crippen molar-refractivity contribution in [1.82, 2.24) is 9.88 Å². The lowest BCUT2D eigenvalue weighted by Crippen LogP contribution is -2.41. The third kappa shape index (κ3) is 9.09. The highest BCUT2D eigenvalue weighted by Gasteiger charge is 2.53. The Labute approximate surface area is 222 Å². The van der Waals surface area contributed by atoms with E-state index in [-0.39, 0.29) is 5.92 Å². The van der Waals surface area contributed by atoms with E-state index in [9.17, 15) is 36.2 Å². The van der Waals surface area contributed by atoms with Crippen molar-refractivity contribution in [2.45, 2.75) is 31.7 Å². The smallest absolute Gasteiger partial charge is 0.481 e. The van der Waals surface area contributed by atoms with Gasteiger partial charge in [0.05, 0.1) is 5.41 Å². The number of fused-ring (bicyclic) bond motifs is 1. The normalized spacial score (nSPS) is 21.4. The summed E-state index contributed by atoms with van der Waals surface area (Å²) in [6.45, 7) is 4.06. The van der Waals surface area contributed by atoms with Crippen molar-refractivity contribution in [1.29, 1.82) is 0 Å². The van der Waals surface area contributed by atoms with Crippen LogP contribution in [-0.4, -0.2) is 81.6 Å². The summed E-state index contributed by atoms with van der Waals surface area (Å²) in [4.78, 5) is 39.1. The van der Waals surface area contributed by atoms with Crippen molar-refractivity contribution in [2.24, 2.45) is 11.3 Å². The lowest BCUT2D eigenvalue weighted by atomic mass is 9.75. The fourth-order valence-corrected chi connectivity index (χ4v) is 5.02. The minimum Gasteiger partial charge on any atom is -0.481 e. The van der Waals surface area contributed by atoms with Crippen LogP contribution >= 0.6 is 11.3 Å². The van der Waals surface area contributed by atoms with Crippen molar-refractivity contribution in [2.75, 3.05) is 31.1 Å². The van der Waals surface area contributed by atoms with Crippen LogP contribution < -0.4 is 4.90 Å². The van der Waals surface area contributed by atoms with Gasteiger partial charge in [-0.3, -0.25) is 9.69 Å². The van der Waals surface area contributed by atoms with Crippen LogP contribution in [0.15, 0.2) is 41.2 Å². The Morgan fingerprint density at radius 3 is 2.08 bits per heavy atom. The van der Waals surface area contributed by atoms with Gasteiger partial charge in [0.2, 0.25) is 0 Å². The molecule has 0 unspecified atom stereocenters. The molecule has 2 aromatic rings. The molecule has 0 bridgehead atoms. The van der Waals surface area contributed by atoms with Gasteiger partial charge in [-0.15, -0.1) is 0 Å². The fourth-order valence-electron chi connectivity index (χ4n) is 4.36. The van der Waals surface area contributed by atoms with Gasteiger partial charge in [0.1, 0.15) is 5.82 Å². The second-order valence-corrected chi connectivity index (χ2v) is 9.58. The number of carboxylic acid groups (broad SMARTS) is 3. The Morgan fingerprint density at radius 1 is 1.00 bits per heavy atom. The zero-order valence-electron chi connectivity index (χ0n) is 20.2. The Morgan fingerprint density at radius 2 is 1.62 bits per heavy atom. The molecule has 3 N–H and O–H groups in total. The molecule has 2 fully saturated rings. The molecule has 9 nitrogen and oxygen atoms in total. The summed E-state index contributed by atoms with van der Waals surface area (Å²) in [6, 6.07) is 8.00. The number of aromatic nitrogens is 1. The number of pyridine rings is 1. The van der Waals surface area contributed by atoms with E-state index >= 15 is 0 Å². The highest BCUT2D eigenvalue weighted by atomic mass is 32.1. The van der Waals surface area contributed by atoms with Gasteiger partial charge in [0, 0.05) is 38.3 Å². The number of hydrogen-bond acceptors (Lipinski definition) is 7. The summed E-state index contributed by atoms with van der Waals surface area (Å²) < 4.78 is 63.5. The zero-order chi connectivity index (χ0) is 29.4.